The van der Waals surface area contributed by atoms with Crippen LogP contribution >= 0.6 is 0 Å². The van der Waals surface area contributed by atoms with Gasteiger partial charge in [0.05, 0.1) is 6.54 Å². The number of hydrogen-bond donors (Lipinski definition) is 3. The number of carboxylic acid groups (broad SMARTS) is 3. The number of quaternary nitrogens is 1. The molecular formula is C29H54NO6+. The Labute approximate surface area is 219 Å². The summed E-state index contributed by atoms with van der Waals surface area (Å²) in [4.78, 5) is 36.6. The number of nitrogens with zero attached hydrogens (tertiary/aromatic N) is 1. The Balaban J connectivity index is 4.91. The van der Waals surface area contributed by atoms with Gasteiger partial charge in [-0.1, -0.05) is 84.8 Å². The Bertz CT molecular complexity index is 593. The third-order valence-corrected chi connectivity index (χ3v) is 7.56. The van der Waals surface area contributed by atoms with Crippen molar-refractivity contribution in [2.45, 2.75) is 149 Å². The first kappa shape index (κ1) is 34.1. The van der Waals surface area contributed by atoms with Crippen LogP contribution in [0.15, 0.2) is 12.2 Å². The van der Waals surface area contributed by atoms with Crippen molar-refractivity contribution in [3.05, 3.63) is 12.2 Å². The molecule has 3 atom stereocenters. The van der Waals surface area contributed by atoms with Crippen LogP contribution in [-0.2, 0) is 14.4 Å². The molecule has 0 saturated carbocycles. The quantitative estimate of drug-likeness (QED) is 0.0726. The highest BCUT2D eigenvalue weighted by Crippen LogP contribution is 2.32. The van der Waals surface area contributed by atoms with Crippen LogP contribution < -0.4 is 0 Å². The van der Waals surface area contributed by atoms with Gasteiger partial charge in [-0.3, -0.25) is 4.48 Å². The molecule has 0 aliphatic carbocycles. The zero-order chi connectivity index (χ0) is 27.4. The van der Waals surface area contributed by atoms with Crippen molar-refractivity contribution in [1.82, 2.24) is 0 Å². The molecule has 0 aromatic rings. The maximum atomic E-state index is 12.2. The van der Waals surface area contributed by atoms with E-state index >= 15 is 0 Å². The number of rotatable bonds is 24. The highest BCUT2D eigenvalue weighted by Gasteiger charge is 2.55. The first-order chi connectivity index (χ1) is 17.2. The lowest BCUT2D eigenvalue weighted by atomic mass is 9.94. The first-order valence-corrected chi connectivity index (χ1v) is 14.4. The van der Waals surface area contributed by atoms with Crippen LogP contribution in [0.5, 0.6) is 0 Å². The normalized spacial score (nSPS) is 15.9. The SMILES string of the molecule is CCCCCCCCC/C=C/CCCCCC[N+](C(CC)C(=O)O)(C(CC)C(=O)O)C(CC)C(=O)O. The standard InChI is InChI=1S/C29H53NO6/c1-5-9-10-11-12-13-14-15-16-17-18-19-20-21-22-23-30(24(6-2)27(31)32,25(7-3)28(33)34)26(8-4)29(35)36/h16-17,24-26H,5-15,18-23H2,1-4H3,(H2-,31,32,33,34,35,36)/p+1/b17-16+. The Morgan fingerprint density at radius 2 is 0.889 bits per heavy atom. The molecule has 0 aromatic carbocycles. The molecule has 7 heteroatoms. The molecule has 0 spiro atoms. The lowest BCUT2D eigenvalue weighted by Crippen LogP contribution is -2.72. The predicted molar refractivity (Wildman–Crippen MR) is 145 cm³/mol. The van der Waals surface area contributed by atoms with Gasteiger partial charge in [0.25, 0.3) is 0 Å². The van der Waals surface area contributed by atoms with Gasteiger partial charge in [-0.15, -0.1) is 0 Å². The fourth-order valence-electron chi connectivity index (χ4n) is 5.74. The van der Waals surface area contributed by atoms with Crippen LogP contribution in [-0.4, -0.2) is 62.4 Å². The summed E-state index contributed by atoms with van der Waals surface area (Å²) in [6, 6.07) is -3.20. The van der Waals surface area contributed by atoms with E-state index in [2.05, 4.69) is 19.1 Å². The molecule has 36 heavy (non-hydrogen) atoms. The third kappa shape index (κ3) is 11.4. The summed E-state index contributed by atoms with van der Waals surface area (Å²) in [6.45, 7) is 7.59. The van der Waals surface area contributed by atoms with Crippen molar-refractivity contribution in [2.24, 2.45) is 0 Å². The smallest absolute Gasteiger partial charge is 0.362 e. The molecule has 0 saturated heterocycles. The van der Waals surface area contributed by atoms with E-state index in [0.29, 0.717) is 6.42 Å². The maximum Gasteiger partial charge on any atom is 0.362 e. The largest absolute Gasteiger partial charge is 0.477 e. The van der Waals surface area contributed by atoms with E-state index in [4.69, 9.17) is 0 Å². The number of hydrogen-bond acceptors (Lipinski definition) is 3. The van der Waals surface area contributed by atoms with Gasteiger partial charge < -0.3 is 15.3 Å². The molecule has 0 heterocycles. The average molecular weight is 513 g/mol. The van der Waals surface area contributed by atoms with Crippen LogP contribution in [0.2, 0.25) is 0 Å². The van der Waals surface area contributed by atoms with E-state index in [1.165, 1.54) is 44.9 Å². The van der Waals surface area contributed by atoms with Crippen LogP contribution in [0.3, 0.4) is 0 Å². The molecule has 0 aliphatic rings. The molecule has 3 N–H and O–H groups in total. The molecule has 0 aromatic heterocycles. The summed E-state index contributed by atoms with van der Waals surface area (Å²) in [5.74, 6) is -3.37. The van der Waals surface area contributed by atoms with Crippen molar-refractivity contribution in [3.63, 3.8) is 0 Å². The van der Waals surface area contributed by atoms with Crippen LogP contribution in [0, 0.1) is 0 Å². The number of unbranched alkanes of at least 4 members (excludes halogenated alkanes) is 11. The average Bonchev–Trinajstić information content (AvgIpc) is 2.82. The topological polar surface area (TPSA) is 112 Å². The molecule has 0 amide bonds. The van der Waals surface area contributed by atoms with Gasteiger partial charge in [-0.2, -0.15) is 0 Å². The fraction of sp³-hybridized carbons (Fsp3) is 0.828. The first-order valence-electron chi connectivity index (χ1n) is 14.4. The zero-order valence-electron chi connectivity index (χ0n) is 23.4. The maximum absolute atomic E-state index is 12.2. The van der Waals surface area contributed by atoms with Crippen LogP contribution in [0.4, 0.5) is 0 Å². The summed E-state index contributed by atoms with van der Waals surface area (Å²) in [6.07, 6.45) is 19.8. The van der Waals surface area contributed by atoms with Crippen molar-refractivity contribution in [3.8, 4) is 0 Å². The van der Waals surface area contributed by atoms with Crippen LogP contribution in [0.1, 0.15) is 130 Å². The van der Waals surface area contributed by atoms with Gasteiger partial charge in [-0.25, -0.2) is 14.4 Å². The molecule has 0 fully saturated rings. The summed E-state index contributed by atoms with van der Waals surface area (Å²) in [7, 11) is 0. The van der Waals surface area contributed by atoms with E-state index in [-0.39, 0.29) is 25.8 Å². The zero-order valence-corrected chi connectivity index (χ0v) is 23.4. The van der Waals surface area contributed by atoms with Crippen molar-refractivity contribution >= 4 is 17.9 Å². The van der Waals surface area contributed by atoms with E-state index in [0.717, 1.165) is 32.1 Å². The summed E-state index contributed by atoms with van der Waals surface area (Å²) >= 11 is 0. The van der Waals surface area contributed by atoms with Gasteiger partial charge in [0.2, 0.25) is 0 Å². The highest BCUT2D eigenvalue weighted by molar-refractivity contribution is 5.78. The lowest BCUT2D eigenvalue weighted by molar-refractivity contribution is -0.973. The monoisotopic (exact) mass is 512 g/mol. The Morgan fingerprint density at radius 1 is 0.556 bits per heavy atom. The minimum atomic E-state index is -1.12. The van der Waals surface area contributed by atoms with E-state index in [9.17, 15) is 29.7 Å². The van der Waals surface area contributed by atoms with E-state index in [1.807, 2.05) is 0 Å². The molecule has 0 aliphatic heterocycles. The Hall–Kier alpha value is -1.89. The Kier molecular flexibility index (Phi) is 19.1. The number of carbonyl (C=O) groups is 3. The number of allylic oxidation sites excluding steroid dienone is 2. The molecule has 0 rings (SSSR count). The van der Waals surface area contributed by atoms with E-state index < -0.39 is 40.5 Å². The van der Waals surface area contributed by atoms with Gasteiger partial charge in [-0.05, 0) is 38.5 Å². The lowest BCUT2D eigenvalue weighted by Gasteiger charge is -2.49. The number of aliphatic carboxylic acids is 3. The predicted octanol–water partition coefficient (Wildman–Crippen LogP) is 7.04. The second kappa shape index (κ2) is 20.2. The number of carboxylic acids is 3. The summed E-state index contributed by atoms with van der Waals surface area (Å²) < 4.78 is -0.415. The van der Waals surface area contributed by atoms with Gasteiger partial charge in [0.1, 0.15) is 0 Å². The molecular weight excluding hydrogens is 458 g/mol. The van der Waals surface area contributed by atoms with Gasteiger partial charge in [0, 0.05) is 19.3 Å². The minimum Gasteiger partial charge on any atom is -0.477 e. The molecule has 210 valence electrons. The molecule has 0 radical (unpaired) electrons. The van der Waals surface area contributed by atoms with Gasteiger partial charge in [0.15, 0.2) is 18.1 Å². The van der Waals surface area contributed by atoms with Crippen molar-refractivity contribution in [1.29, 1.82) is 0 Å². The minimum absolute atomic E-state index is 0.187. The van der Waals surface area contributed by atoms with Gasteiger partial charge >= 0.3 is 17.9 Å². The molecule has 7 nitrogen and oxygen atoms in total. The fourth-order valence-corrected chi connectivity index (χ4v) is 5.74. The molecule has 0 bridgehead atoms. The highest BCUT2D eigenvalue weighted by atomic mass is 16.4. The van der Waals surface area contributed by atoms with Crippen molar-refractivity contribution in [2.75, 3.05) is 6.54 Å². The second-order valence-corrected chi connectivity index (χ2v) is 10.1. The van der Waals surface area contributed by atoms with Crippen LogP contribution in [0.25, 0.3) is 0 Å². The summed E-state index contributed by atoms with van der Waals surface area (Å²) in [5, 5.41) is 29.9. The summed E-state index contributed by atoms with van der Waals surface area (Å²) in [5.41, 5.74) is 0. The molecule has 3 unspecified atom stereocenters. The van der Waals surface area contributed by atoms with E-state index in [1.54, 1.807) is 20.8 Å². The second-order valence-electron chi connectivity index (χ2n) is 10.1. The van der Waals surface area contributed by atoms with Crippen molar-refractivity contribution < 1.29 is 34.2 Å². The third-order valence-electron chi connectivity index (χ3n) is 7.56. The Morgan fingerprint density at radius 3 is 1.22 bits per heavy atom.